The molecule has 27 heavy (non-hydrogen) atoms. The standard InChI is InChI=1S/C20H27N3O3.HI/c1-5-21-20(22-14-15-8-7-9-17(12-15)24-3)23-16-10-11-18(26-6-2)19(13-16)25-4;/h7-13H,5-6,14H2,1-4H3,(H2,21,22,23);1H. The van der Waals surface area contributed by atoms with E-state index in [-0.39, 0.29) is 24.0 Å². The van der Waals surface area contributed by atoms with Crippen molar-refractivity contribution < 1.29 is 14.2 Å². The van der Waals surface area contributed by atoms with Crippen LogP contribution in [0.3, 0.4) is 0 Å². The molecule has 6 nitrogen and oxygen atoms in total. The van der Waals surface area contributed by atoms with Crippen LogP contribution in [0.4, 0.5) is 5.69 Å². The van der Waals surface area contributed by atoms with Gasteiger partial charge in [-0.25, -0.2) is 4.99 Å². The van der Waals surface area contributed by atoms with Gasteiger partial charge in [0, 0.05) is 18.3 Å². The molecule has 0 spiro atoms. The van der Waals surface area contributed by atoms with Gasteiger partial charge in [0.15, 0.2) is 17.5 Å². The van der Waals surface area contributed by atoms with E-state index in [1.165, 1.54) is 0 Å². The number of nitrogens with one attached hydrogen (secondary N) is 2. The van der Waals surface area contributed by atoms with Gasteiger partial charge in [0.25, 0.3) is 0 Å². The van der Waals surface area contributed by atoms with Gasteiger partial charge >= 0.3 is 0 Å². The fraction of sp³-hybridized carbons (Fsp3) is 0.350. The van der Waals surface area contributed by atoms with Gasteiger partial charge in [-0.05, 0) is 43.7 Å². The molecule has 0 atom stereocenters. The third kappa shape index (κ3) is 7.16. The topological polar surface area (TPSA) is 64.1 Å². The SMILES string of the molecule is CCNC(=NCc1cccc(OC)c1)Nc1ccc(OCC)c(OC)c1.I. The minimum absolute atomic E-state index is 0. The number of anilines is 1. The summed E-state index contributed by atoms with van der Waals surface area (Å²) in [6.45, 7) is 5.87. The number of methoxy groups -OCH3 is 2. The molecule has 0 radical (unpaired) electrons. The predicted molar refractivity (Wildman–Crippen MR) is 121 cm³/mol. The number of hydrogen-bond donors (Lipinski definition) is 2. The van der Waals surface area contributed by atoms with Gasteiger partial charge in [0.05, 0.1) is 27.4 Å². The van der Waals surface area contributed by atoms with E-state index in [1.807, 2.05) is 56.3 Å². The molecule has 0 aliphatic rings. The van der Waals surface area contributed by atoms with Crippen LogP contribution >= 0.6 is 24.0 Å². The Balaban J connectivity index is 0.00000364. The quantitative estimate of drug-likeness (QED) is 0.332. The lowest BCUT2D eigenvalue weighted by Gasteiger charge is -2.14. The van der Waals surface area contributed by atoms with Gasteiger partial charge in [-0.3, -0.25) is 0 Å². The van der Waals surface area contributed by atoms with E-state index >= 15 is 0 Å². The van der Waals surface area contributed by atoms with E-state index in [9.17, 15) is 0 Å². The molecule has 2 aromatic rings. The van der Waals surface area contributed by atoms with Crippen LogP contribution in [0.25, 0.3) is 0 Å². The molecular formula is C20H28IN3O3. The van der Waals surface area contributed by atoms with Crippen LogP contribution < -0.4 is 24.8 Å². The summed E-state index contributed by atoms with van der Waals surface area (Å²) in [5.41, 5.74) is 1.95. The van der Waals surface area contributed by atoms with E-state index < -0.39 is 0 Å². The number of rotatable bonds is 8. The normalized spacial score (nSPS) is 10.6. The zero-order valence-electron chi connectivity index (χ0n) is 16.2. The van der Waals surface area contributed by atoms with Crippen molar-refractivity contribution >= 4 is 35.6 Å². The van der Waals surface area contributed by atoms with Crippen molar-refractivity contribution in [2.75, 3.05) is 32.7 Å². The first-order chi connectivity index (χ1) is 12.7. The minimum Gasteiger partial charge on any atom is -0.497 e. The molecule has 0 unspecified atom stereocenters. The Hall–Kier alpha value is -2.16. The van der Waals surface area contributed by atoms with Crippen LogP contribution in [-0.2, 0) is 6.54 Å². The zero-order chi connectivity index (χ0) is 18.8. The number of hydrogen-bond acceptors (Lipinski definition) is 4. The minimum atomic E-state index is 0. The van der Waals surface area contributed by atoms with E-state index in [0.717, 1.165) is 29.3 Å². The summed E-state index contributed by atoms with van der Waals surface area (Å²) in [6.07, 6.45) is 0. The average Bonchev–Trinajstić information content (AvgIpc) is 2.67. The number of guanidine groups is 1. The average molecular weight is 485 g/mol. The van der Waals surface area contributed by atoms with Crippen molar-refractivity contribution in [1.29, 1.82) is 0 Å². The molecule has 0 aliphatic carbocycles. The summed E-state index contributed by atoms with van der Waals surface area (Å²) in [4.78, 5) is 4.64. The first kappa shape index (κ1) is 22.9. The summed E-state index contributed by atoms with van der Waals surface area (Å²) in [5.74, 6) is 2.92. The lowest BCUT2D eigenvalue weighted by Crippen LogP contribution is -2.30. The Labute approximate surface area is 178 Å². The summed E-state index contributed by atoms with van der Waals surface area (Å²) >= 11 is 0. The Kier molecular flexibility index (Phi) is 10.4. The number of benzene rings is 2. The molecule has 2 rings (SSSR count). The zero-order valence-corrected chi connectivity index (χ0v) is 18.6. The second kappa shape index (κ2) is 12.3. The lowest BCUT2D eigenvalue weighted by atomic mass is 10.2. The molecule has 0 fully saturated rings. The Morgan fingerprint density at radius 1 is 1.00 bits per heavy atom. The molecular weight excluding hydrogens is 457 g/mol. The van der Waals surface area contributed by atoms with Gasteiger partial charge in [0.1, 0.15) is 5.75 Å². The summed E-state index contributed by atoms with van der Waals surface area (Å²) in [6, 6.07) is 13.6. The van der Waals surface area contributed by atoms with Crippen LogP contribution in [-0.4, -0.2) is 33.3 Å². The van der Waals surface area contributed by atoms with Crippen LogP contribution in [0.1, 0.15) is 19.4 Å². The maximum Gasteiger partial charge on any atom is 0.196 e. The third-order valence-corrected chi connectivity index (χ3v) is 3.62. The number of halogens is 1. The maximum absolute atomic E-state index is 5.55. The van der Waals surface area contributed by atoms with E-state index in [1.54, 1.807) is 14.2 Å². The highest BCUT2D eigenvalue weighted by Gasteiger charge is 2.07. The fourth-order valence-corrected chi connectivity index (χ4v) is 2.41. The van der Waals surface area contributed by atoms with Gasteiger partial charge in [-0.15, -0.1) is 24.0 Å². The van der Waals surface area contributed by atoms with Crippen molar-refractivity contribution in [3.8, 4) is 17.2 Å². The highest BCUT2D eigenvalue weighted by molar-refractivity contribution is 14.0. The molecule has 7 heteroatoms. The predicted octanol–water partition coefficient (Wildman–Crippen LogP) is 4.30. The molecule has 0 heterocycles. The highest BCUT2D eigenvalue weighted by atomic mass is 127. The summed E-state index contributed by atoms with van der Waals surface area (Å²) in [5, 5.41) is 6.54. The Morgan fingerprint density at radius 2 is 1.81 bits per heavy atom. The van der Waals surface area contributed by atoms with Gasteiger partial charge < -0.3 is 24.8 Å². The second-order valence-electron chi connectivity index (χ2n) is 5.47. The molecule has 0 bridgehead atoms. The first-order valence-electron chi connectivity index (χ1n) is 8.69. The third-order valence-electron chi connectivity index (χ3n) is 3.62. The maximum atomic E-state index is 5.55. The fourth-order valence-electron chi connectivity index (χ4n) is 2.41. The van der Waals surface area contributed by atoms with E-state index in [4.69, 9.17) is 14.2 Å². The van der Waals surface area contributed by atoms with E-state index in [2.05, 4.69) is 15.6 Å². The molecule has 0 saturated carbocycles. The molecule has 0 amide bonds. The monoisotopic (exact) mass is 485 g/mol. The summed E-state index contributed by atoms with van der Waals surface area (Å²) < 4.78 is 16.2. The second-order valence-corrected chi connectivity index (χ2v) is 5.47. The first-order valence-corrected chi connectivity index (χ1v) is 8.69. The van der Waals surface area contributed by atoms with Crippen molar-refractivity contribution in [3.05, 3.63) is 48.0 Å². The van der Waals surface area contributed by atoms with Gasteiger partial charge in [0.2, 0.25) is 0 Å². The van der Waals surface area contributed by atoms with E-state index in [0.29, 0.717) is 24.9 Å². The van der Waals surface area contributed by atoms with Gasteiger partial charge in [-0.1, -0.05) is 12.1 Å². The molecule has 0 aromatic heterocycles. The Bertz CT molecular complexity index is 738. The lowest BCUT2D eigenvalue weighted by molar-refractivity contribution is 0.311. The number of aliphatic imine (C=N–C) groups is 1. The molecule has 2 aromatic carbocycles. The number of ether oxygens (including phenoxy) is 3. The Morgan fingerprint density at radius 3 is 2.48 bits per heavy atom. The molecule has 2 N–H and O–H groups in total. The smallest absolute Gasteiger partial charge is 0.196 e. The van der Waals surface area contributed by atoms with Crippen molar-refractivity contribution in [2.24, 2.45) is 4.99 Å². The highest BCUT2D eigenvalue weighted by Crippen LogP contribution is 2.30. The molecule has 0 saturated heterocycles. The van der Waals surface area contributed by atoms with Crippen LogP contribution in [0.2, 0.25) is 0 Å². The van der Waals surface area contributed by atoms with Crippen molar-refractivity contribution in [3.63, 3.8) is 0 Å². The van der Waals surface area contributed by atoms with Crippen LogP contribution in [0.5, 0.6) is 17.2 Å². The molecule has 0 aliphatic heterocycles. The van der Waals surface area contributed by atoms with Crippen molar-refractivity contribution in [2.45, 2.75) is 20.4 Å². The largest absolute Gasteiger partial charge is 0.497 e. The van der Waals surface area contributed by atoms with Crippen LogP contribution in [0, 0.1) is 0 Å². The summed E-state index contributed by atoms with van der Waals surface area (Å²) in [7, 11) is 3.29. The van der Waals surface area contributed by atoms with Crippen molar-refractivity contribution in [1.82, 2.24) is 5.32 Å². The number of nitrogens with zero attached hydrogens (tertiary/aromatic N) is 1. The van der Waals surface area contributed by atoms with Gasteiger partial charge in [-0.2, -0.15) is 0 Å². The van der Waals surface area contributed by atoms with Crippen LogP contribution in [0.15, 0.2) is 47.5 Å². The molecule has 148 valence electrons.